The Kier molecular flexibility index (Phi) is 12.6. The van der Waals surface area contributed by atoms with E-state index in [1.165, 1.54) is 4.90 Å². The molecule has 3 aliphatic heterocycles. The summed E-state index contributed by atoms with van der Waals surface area (Å²) in [5.74, 6) is 1.38. The molecule has 278 valence electrons. The van der Waals surface area contributed by atoms with Gasteiger partial charge in [-0.25, -0.2) is 4.79 Å². The molecular weight excluding hydrogens is 684 g/mol. The molecular formula is C38H42N6O9. The third-order valence-corrected chi connectivity index (χ3v) is 8.99. The number of anilines is 1. The number of carbonyl (C=O) groups excluding carboxylic acids is 8. The minimum atomic E-state index is -1.17. The summed E-state index contributed by atoms with van der Waals surface area (Å²) in [6.45, 7) is 3.30. The first-order valence-corrected chi connectivity index (χ1v) is 17.6. The maximum absolute atomic E-state index is 13.4. The minimum Gasteiger partial charge on any atom is -0.347 e. The van der Waals surface area contributed by atoms with Crippen molar-refractivity contribution in [3.8, 4) is 11.8 Å². The maximum Gasteiger partial charge on any atom is 0.355 e. The van der Waals surface area contributed by atoms with Crippen LogP contribution in [-0.4, -0.2) is 89.0 Å². The molecule has 3 heterocycles. The van der Waals surface area contributed by atoms with E-state index in [4.69, 9.17) is 4.84 Å². The quantitative estimate of drug-likeness (QED) is 0.200. The van der Waals surface area contributed by atoms with Crippen molar-refractivity contribution in [2.45, 2.75) is 77.4 Å². The number of hydrogen-bond acceptors (Lipinski definition) is 9. The molecule has 2 aromatic rings. The van der Waals surface area contributed by atoms with E-state index in [0.29, 0.717) is 29.2 Å². The van der Waals surface area contributed by atoms with Crippen molar-refractivity contribution in [2.75, 3.05) is 24.5 Å². The van der Waals surface area contributed by atoms with E-state index < -0.39 is 66.6 Å². The summed E-state index contributed by atoms with van der Waals surface area (Å²) in [7, 11) is 0. The lowest BCUT2D eigenvalue weighted by atomic mass is 10.0. The zero-order chi connectivity index (χ0) is 38.1. The third kappa shape index (κ3) is 9.85. The fourth-order valence-electron chi connectivity index (χ4n) is 6.27. The molecule has 0 aromatic heterocycles. The molecule has 0 aliphatic carbocycles. The van der Waals surface area contributed by atoms with Crippen molar-refractivity contribution in [2.24, 2.45) is 5.92 Å². The van der Waals surface area contributed by atoms with Crippen molar-refractivity contribution in [1.29, 1.82) is 0 Å². The number of fused-ring (bicyclic) bond motifs is 2. The van der Waals surface area contributed by atoms with Crippen LogP contribution in [0.1, 0.15) is 75.5 Å². The summed E-state index contributed by atoms with van der Waals surface area (Å²) in [5, 5.41) is 7.95. The second-order valence-electron chi connectivity index (χ2n) is 13.4. The molecule has 0 unspecified atom stereocenters. The van der Waals surface area contributed by atoms with Crippen molar-refractivity contribution in [3.05, 3.63) is 65.2 Å². The second kappa shape index (κ2) is 17.5. The monoisotopic (exact) mass is 726 g/mol. The van der Waals surface area contributed by atoms with Gasteiger partial charge in [-0.3, -0.25) is 33.6 Å². The highest BCUT2D eigenvalue weighted by Gasteiger charge is 2.39. The predicted molar refractivity (Wildman–Crippen MR) is 189 cm³/mol. The maximum atomic E-state index is 13.4. The largest absolute Gasteiger partial charge is 0.355 e. The van der Waals surface area contributed by atoms with Gasteiger partial charge in [0, 0.05) is 43.4 Å². The number of amides is 7. The molecule has 5 rings (SSSR count). The lowest BCUT2D eigenvalue weighted by molar-refractivity contribution is -0.199. The van der Waals surface area contributed by atoms with E-state index in [0.717, 1.165) is 11.1 Å². The summed E-state index contributed by atoms with van der Waals surface area (Å²) in [6.07, 6.45) is 0.556. The van der Waals surface area contributed by atoms with Gasteiger partial charge in [-0.1, -0.05) is 56.0 Å². The van der Waals surface area contributed by atoms with Crippen LogP contribution in [0.2, 0.25) is 0 Å². The Morgan fingerprint density at radius 1 is 0.830 bits per heavy atom. The Morgan fingerprint density at radius 3 is 2.23 bits per heavy atom. The lowest BCUT2D eigenvalue weighted by Crippen LogP contribution is -2.53. The molecule has 0 saturated carbocycles. The van der Waals surface area contributed by atoms with E-state index in [9.17, 15) is 38.4 Å². The number of nitrogens with zero attached hydrogens (tertiary/aromatic N) is 3. The zero-order valence-electron chi connectivity index (χ0n) is 29.6. The average molecular weight is 727 g/mol. The molecule has 0 bridgehead atoms. The van der Waals surface area contributed by atoms with E-state index in [1.807, 2.05) is 62.4 Å². The molecule has 2 aromatic carbocycles. The summed E-state index contributed by atoms with van der Waals surface area (Å²) in [5.41, 5.74) is 3.03. The first kappa shape index (κ1) is 38.2. The molecule has 2 fully saturated rings. The molecule has 3 N–H and O–H groups in total. The van der Waals surface area contributed by atoms with Gasteiger partial charge in [0.25, 0.3) is 11.8 Å². The van der Waals surface area contributed by atoms with E-state index in [-0.39, 0.29) is 57.0 Å². The topological polar surface area (TPSA) is 192 Å². The van der Waals surface area contributed by atoms with E-state index >= 15 is 0 Å². The average Bonchev–Trinajstić information content (AvgIpc) is 3.75. The van der Waals surface area contributed by atoms with Crippen molar-refractivity contribution in [3.63, 3.8) is 0 Å². The molecule has 15 nitrogen and oxygen atoms in total. The number of hydrogen-bond donors (Lipinski definition) is 3. The number of nitrogens with one attached hydrogen (secondary N) is 3. The van der Waals surface area contributed by atoms with Crippen molar-refractivity contribution in [1.82, 2.24) is 25.9 Å². The van der Waals surface area contributed by atoms with E-state index in [1.54, 1.807) is 4.90 Å². The number of benzene rings is 2. The SMILES string of the molecule is CC(C)C[C@H](NC(=O)[C@@H]1CCCN1C(=O)CNC(=O)CNC(=O)CCC(=O)N1Cc2ccccc2C#Cc2ccccc21)C(=O)ON1C(=O)CCC1=O. The fourth-order valence-corrected chi connectivity index (χ4v) is 6.27. The van der Waals surface area contributed by atoms with E-state index in [2.05, 4.69) is 27.8 Å². The van der Waals surface area contributed by atoms with Gasteiger partial charge in [-0.15, -0.1) is 5.06 Å². The Morgan fingerprint density at radius 2 is 1.49 bits per heavy atom. The van der Waals surface area contributed by atoms with Crippen molar-refractivity contribution >= 4 is 53.0 Å². The van der Waals surface area contributed by atoms with Crippen LogP contribution < -0.4 is 20.9 Å². The van der Waals surface area contributed by atoms with Gasteiger partial charge < -0.3 is 30.6 Å². The minimum absolute atomic E-state index is 0.0646. The van der Waals surface area contributed by atoms with Crippen LogP contribution in [0.25, 0.3) is 0 Å². The second-order valence-corrected chi connectivity index (χ2v) is 13.4. The Hall–Kier alpha value is -6.04. The summed E-state index contributed by atoms with van der Waals surface area (Å²) < 4.78 is 0. The van der Waals surface area contributed by atoms with Gasteiger partial charge in [0.1, 0.15) is 12.1 Å². The Labute approximate surface area is 306 Å². The summed E-state index contributed by atoms with van der Waals surface area (Å²) >= 11 is 0. The number of hydroxylamine groups is 2. The number of imide groups is 1. The number of para-hydroxylation sites is 1. The molecule has 53 heavy (non-hydrogen) atoms. The van der Waals surface area contributed by atoms with Gasteiger partial charge in [-0.05, 0) is 48.9 Å². The smallest absolute Gasteiger partial charge is 0.347 e. The first-order valence-electron chi connectivity index (χ1n) is 17.6. The number of likely N-dealkylation sites (tertiary alicyclic amines) is 1. The Bertz CT molecular complexity index is 1850. The molecule has 0 spiro atoms. The highest BCUT2D eigenvalue weighted by atomic mass is 16.7. The number of rotatable bonds is 13. The molecule has 15 heteroatoms. The Balaban J connectivity index is 1.07. The summed E-state index contributed by atoms with van der Waals surface area (Å²) in [6, 6.07) is 12.8. The van der Waals surface area contributed by atoms with Crippen LogP contribution in [0.15, 0.2) is 48.5 Å². The third-order valence-electron chi connectivity index (χ3n) is 8.99. The fraction of sp³-hybridized carbons (Fsp3) is 0.421. The molecule has 2 saturated heterocycles. The standard InChI is InChI=1S/C38H42N6O9/c1-24(2)20-28(38(52)53-44-34(48)17-18-35(44)49)41-37(51)30-12-7-19-42(30)36(50)22-40-32(46)21-39-31(45)15-16-33(47)43-23-27-10-4-3-8-25(27)13-14-26-9-5-6-11-29(26)43/h3-6,8-11,24,28,30H,7,12,15-23H2,1-2H3,(H,39,45)(H,40,46)(H,41,51)/t28-,30-/m0/s1. The number of carbonyl (C=O) groups is 8. The highest BCUT2D eigenvalue weighted by molar-refractivity contribution is 6.02. The van der Waals surface area contributed by atoms with Gasteiger partial charge in [0.2, 0.25) is 29.5 Å². The van der Waals surface area contributed by atoms with Crippen LogP contribution >= 0.6 is 0 Å². The molecule has 2 atom stereocenters. The predicted octanol–water partition coefficient (Wildman–Crippen LogP) is 1.07. The first-order chi connectivity index (χ1) is 25.4. The van der Waals surface area contributed by atoms with Gasteiger partial charge in [-0.2, -0.15) is 0 Å². The van der Waals surface area contributed by atoms with Crippen molar-refractivity contribution < 1.29 is 43.2 Å². The van der Waals surface area contributed by atoms with Gasteiger partial charge in [0.05, 0.1) is 25.3 Å². The highest BCUT2D eigenvalue weighted by Crippen LogP contribution is 2.26. The zero-order valence-corrected chi connectivity index (χ0v) is 29.6. The molecule has 7 amide bonds. The normalized spacial score (nSPS) is 16.7. The van der Waals surface area contributed by atoms with Gasteiger partial charge in [0.15, 0.2) is 0 Å². The van der Waals surface area contributed by atoms with Crippen LogP contribution in [0.3, 0.4) is 0 Å². The van der Waals surface area contributed by atoms with Crippen LogP contribution in [0.5, 0.6) is 0 Å². The van der Waals surface area contributed by atoms with Gasteiger partial charge >= 0.3 is 5.97 Å². The lowest BCUT2D eigenvalue weighted by Gasteiger charge is -2.27. The van der Waals surface area contributed by atoms with Crippen LogP contribution in [0, 0.1) is 17.8 Å². The molecule has 0 radical (unpaired) electrons. The summed E-state index contributed by atoms with van der Waals surface area (Å²) in [4.78, 5) is 110. The van der Waals surface area contributed by atoms with Crippen LogP contribution in [0.4, 0.5) is 5.69 Å². The van der Waals surface area contributed by atoms with Crippen LogP contribution in [-0.2, 0) is 49.7 Å². The molecule has 3 aliphatic rings.